The standard InChI is InChI=1S/C38H50N4O4/c1-26(2)42-24-31(23-40-42)30-13-20-39-34(22-30)41(36(45)29-8-5-28(6-9-29)7-12-35(43)44)25-37-14-17-38(18-15-37,19-16-37)32-10-11-33(46-4)27(3)21-32/h10-11,13,20-24,26,28-29H,5-9,12,14-19,25H2,1-4H3,(H,43,44)/t28-,29-,37?,38?. The monoisotopic (exact) mass is 626 g/mol. The van der Waals surface area contributed by atoms with E-state index in [0.29, 0.717) is 18.9 Å². The third-order valence-electron chi connectivity index (χ3n) is 11.6. The van der Waals surface area contributed by atoms with Crippen molar-refractivity contribution in [2.75, 3.05) is 18.6 Å². The Balaban J connectivity index is 1.24. The molecule has 4 aliphatic rings. The summed E-state index contributed by atoms with van der Waals surface area (Å²) in [5.74, 6) is 1.45. The van der Waals surface area contributed by atoms with Crippen molar-refractivity contribution in [1.29, 1.82) is 0 Å². The van der Waals surface area contributed by atoms with Crippen LogP contribution in [0.2, 0.25) is 0 Å². The molecule has 4 aliphatic carbocycles. The summed E-state index contributed by atoms with van der Waals surface area (Å²) in [5, 5.41) is 13.7. The second kappa shape index (κ2) is 13.2. The lowest BCUT2D eigenvalue weighted by molar-refractivity contribution is -0.137. The van der Waals surface area contributed by atoms with Crippen molar-refractivity contribution in [3.63, 3.8) is 0 Å². The third kappa shape index (κ3) is 6.58. The molecule has 3 aromatic rings. The van der Waals surface area contributed by atoms with Crippen LogP contribution in [0.5, 0.6) is 5.75 Å². The van der Waals surface area contributed by atoms with Crippen LogP contribution in [0.15, 0.2) is 48.9 Å². The van der Waals surface area contributed by atoms with Gasteiger partial charge in [0.15, 0.2) is 0 Å². The lowest BCUT2D eigenvalue weighted by atomic mass is 9.51. The number of hydrogen-bond donors (Lipinski definition) is 1. The first-order valence-electron chi connectivity index (χ1n) is 17.3. The fourth-order valence-electron chi connectivity index (χ4n) is 8.51. The summed E-state index contributed by atoms with van der Waals surface area (Å²) in [6.07, 6.45) is 16.9. The molecule has 0 unspecified atom stereocenters. The molecule has 4 fully saturated rings. The highest BCUT2D eigenvalue weighted by Gasteiger charge is 2.50. The summed E-state index contributed by atoms with van der Waals surface area (Å²) in [5.41, 5.74) is 4.95. The average molecular weight is 627 g/mol. The Hall–Kier alpha value is -3.68. The van der Waals surface area contributed by atoms with Gasteiger partial charge in [-0.2, -0.15) is 5.10 Å². The maximum Gasteiger partial charge on any atom is 0.303 e. The topological polar surface area (TPSA) is 97.5 Å². The molecular formula is C38H50N4O4. The van der Waals surface area contributed by atoms with Crippen LogP contribution in [-0.2, 0) is 15.0 Å². The van der Waals surface area contributed by atoms with Gasteiger partial charge in [-0.05, 0) is 143 Å². The van der Waals surface area contributed by atoms with Gasteiger partial charge in [-0.15, -0.1) is 0 Å². The van der Waals surface area contributed by atoms with Gasteiger partial charge in [0.2, 0.25) is 5.91 Å². The van der Waals surface area contributed by atoms with Gasteiger partial charge >= 0.3 is 5.97 Å². The predicted molar refractivity (Wildman–Crippen MR) is 180 cm³/mol. The molecule has 0 spiro atoms. The quantitative estimate of drug-likeness (QED) is 0.231. The number of rotatable bonds is 11. The number of carboxylic acids is 1. The second-order valence-corrected chi connectivity index (χ2v) is 14.7. The van der Waals surface area contributed by atoms with Crippen molar-refractivity contribution in [3.8, 4) is 16.9 Å². The number of methoxy groups -OCH3 is 1. The first-order valence-corrected chi connectivity index (χ1v) is 17.3. The minimum atomic E-state index is -0.736. The number of ether oxygens (including phenoxy) is 1. The number of carbonyl (C=O) groups excluding carboxylic acids is 1. The van der Waals surface area contributed by atoms with E-state index in [9.17, 15) is 9.59 Å². The van der Waals surface area contributed by atoms with E-state index in [-0.39, 0.29) is 35.1 Å². The lowest BCUT2D eigenvalue weighted by Gasteiger charge is -2.55. The molecule has 8 heteroatoms. The molecule has 1 N–H and O–H groups in total. The van der Waals surface area contributed by atoms with E-state index in [2.05, 4.69) is 56.3 Å². The molecule has 2 heterocycles. The number of aliphatic carboxylic acids is 1. The van der Waals surface area contributed by atoms with E-state index in [1.807, 2.05) is 28.0 Å². The van der Waals surface area contributed by atoms with Gasteiger partial charge in [0, 0.05) is 42.9 Å². The Morgan fingerprint density at radius 1 is 1.02 bits per heavy atom. The molecule has 1 aromatic carbocycles. The summed E-state index contributed by atoms with van der Waals surface area (Å²) >= 11 is 0. The fourth-order valence-corrected chi connectivity index (χ4v) is 8.51. The fraction of sp³-hybridized carbons (Fsp3) is 0.579. The van der Waals surface area contributed by atoms with Crippen LogP contribution in [0.3, 0.4) is 0 Å². The zero-order chi connectivity index (χ0) is 32.5. The van der Waals surface area contributed by atoms with Gasteiger partial charge < -0.3 is 9.84 Å². The number of pyridine rings is 1. The van der Waals surface area contributed by atoms with Gasteiger partial charge in [-0.3, -0.25) is 19.2 Å². The number of aromatic nitrogens is 3. The Kier molecular flexibility index (Phi) is 9.26. The Labute approximate surface area is 273 Å². The van der Waals surface area contributed by atoms with E-state index in [1.165, 1.54) is 11.1 Å². The van der Waals surface area contributed by atoms with Crippen LogP contribution in [0.4, 0.5) is 5.82 Å². The van der Waals surface area contributed by atoms with Crippen LogP contribution >= 0.6 is 0 Å². The van der Waals surface area contributed by atoms with Crippen LogP contribution in [0, 0.1) is 24.2 Å². The first-order chi connectivity index (χ1) is 22.1. The van der Waals surface area contributed by atoms with E-state index in [4.69, 9.17) is 14.8 Å². The van der Waals surface area contributed by atoms with Crippen molar-refractivity contribution in [2.45, 2.75) is 109 Å². The number of anilines is 1. The van der Waals surface area contributed by atoms with Gasteiger partial charge in [-0.1, -0.05) is 12.1 Å². The molecule has 0 atom stereocenters. The van der Waals surface area contributed by atoms with Crippen molar-refractivity contribution in [3.05, 3.63) is 60.0 Å². The Morgan fingerprint density at radius 3 is 2.35 bits per heavy atom. The molecule has 0 aliphatic heterocycles. The largest absolute Gasteiger partial charge is 0.496 e. The summed E-state index contributed by atoms with van der Waals surface area (Å²) in [4.78, 5) is 32.5. The molecule has 0 radical (unpaired) electrons. The molecule has 46 heavy (non-hydrogen) atoms. The van der Waals surface area contributed by atoms with Crippen LogP contribution < -0.4 is 9.64 Å². The average Bonchev–Trinajstić information content (AvgIpc) is 3.58. The van der Waals surface area contributed by atoms with E-state index >= 15 is 0 Å². The van der Waals surface area contributed by atoms with Crippen LogP contribution in [0.1, 0.15) is 108 Å². The second-order valence-electron chi connectivity index (χ2n) is 14.7. The zero-order valence-corrected chi connectivity index (χ0v) is 28.0. The van der Waals surface area contributed by atoms with E-state index in [0.717, 1.165) is 86.9 Å². The van der Waals surface area contributed by atoms with Crippen LogP contribution in [-0.4, -0.2) is 45.4 Å². The summed E-state index contributed by atoms with van der Waals surface area (Å²) in [6.45, 7) is 7.06. The molecular weight excluding hydrogens is 576 g/mol. The highest BCUT2D eigenvalue weighted by molar-refractivity contribution is 5.95. The number of aryl methyl sites for hydroxylation is 1. The number of nitrogens with zero attached hydrogens (tertiary/aromatic N) is 4. The summed E-state index contributed by atoms with van der Waals surface area (Å²) in [7, 11) is 1.73. The van der Waals surface area contributed by atoms with E-state index < -0.39 is 5.97 Å². The number of carbonyl (C=O) groups is 2. The maximum atomic E-state index is 14.5. The van der Waals surface area contributed by atoms with Gasteiger partial charge in [0.1, 0.15) is 11.6 Å². The first kappa shape index (κ1) is 32.3. The highest BCUT2D eigenvalue weighted by atomic mass is 16.5. The van der Waals surface area contributed by atoms with Gasteiger partial charge in [0.25, 0.3) is 0 Å². The molecule has 2 bridgehead atoms. The summed E-state index contributed by atoms with van der Waals surface area (Å²) < 4.78 is 7.50. The third-order valence-corrected chi connectivity index (χ3v) is 11.6. The van der Waals surface area contributed by atoms with Crippen molar-refractivity contribution < 1.29 is 19.4 Å². The molecule has 2 aromatic heterocycles. The summed E-state index contributed by atoms with van der Waals surface area (Å²) in [6, 6.07) is 11.1. The molecule has 8 nitrogen and oxygen atoms in total. The minimum Gasteiger partial charge on any atom is -0.496 e. The minimum absolute atomic E-state index is 0.0554. The molecule has 1 amide bonds. The number of carboxylic acid groups (broad SMARTS) is 1. The number of hydrogen-bond acceptors (Lipinski definition) is 5. The molecule has 246 valence electrons. The normalized spacial score (nSPS) is 25.8. The van der Waals surface area contributed by atoms with Crippen molar-refractivity contribution in [2.24, 2.45) is 17.3 Å². The highest BCUT2D eigenvalue weighted by Crippen LogP contribution is 2.58. The van der Waals surface area contributed by atoms with Crippen molar-refractivity contribution in [1.82, 2.24) is 14.8 Å². The van der Waals surface area contributed by atoms with Gasteiger partial charge in [-0.25, -0.2) is 4.98 Å². The Morgan fingerprint density at radius 2 is 1.74 bits per heavy atom. The van der Waals surface area contributed by atoms with Crippen LogP contribution in [0.25, 0.3) is 11.1 Å². The number of benzene rings is 1. The van der Waals surface area contributed by atoms with Gasteiger partial charge in [0.05, 0.1) is 13.3 Å². The zero-order valence-electron chi connectivity index (χ0n) is 28.0. The Bertz CT molecular complexity index is 1530. The molecule has 4 saturated carbocycles. The smallest absolute Gasteiger partial charge is 0.303 e. The van der Waals surface area contributed by atoms with E-state index in [1.54, 1.807) is 7.11 Å². The number of amides is 1. The predicted octanol–water partition coefficient (Wildman–Crippen LogP) is 8.14. The molecule has 0 saturated heterocycles. The van der Waals surface area contributed by atoms with Crippen molar-refractivity contribution >= 4 is 17.7 Å². The number of fused-ring (bicyclic) bond motifs is 3. The lowest BCUT2D eigenvalue weighted by Crippen LogP contribution is -2.52. The SMILES string of the molecule is COc1ccc(C23CCC(CN(c4cc(-c5cnn(C(C)C)c5)ccn4)C(=O)[C@H]4CC[C@H](CCC(=O)O)CC4)(CC2)CC3)cc1C. The molecule has 7 rings (SSSR count). The maximum absolute atomic E-state index is 14.5.